The number of pyridine rings is 1. The minimum Gasteiger partial charge on any atom is -0.242 e. The summed E-state index contributed by atoms with van der Waals surface area (Å²) < 4.78 is 30.0. The number of hydrogen-bond donors (Lipinski definition) is 0. The molecule has 0 spiro atoms. The standard InChI is InChI=1S/C18H17F2N7/c1-2-4-13-15(22-11-26-17(13)24-16(10-19)25-26)9-12-6-8-23-27(12)18-14(20)5-3-7-21-18/h3,5-8,11H,2,4,9-10H2,1H3. The maximum Gasteiger partial charge on any atom is 0.189 e. The molecule has 0 aromatic carbocycles. The van der Waals surface area contributed by atoms with Crippen LogP contribution >= 0.6 is 0 Å². The molecule has 27 heavy (non-hydrogen) atoms. The summed E-state index contributed by atoms with van der Waals surface area (Å²) in [5.74, 6) is -0.186. The van der Waals surface area contributed by atoms with Crippen molar-refractivity contribution >= 4 is 5.65 Å². The van der Waals surface area contributed by atoms with Gasteiger partial charge in [0.1, 0.15) is 6.33 Å². The van der Waals surface area contributed by atoms with Crippen molar-refractivity contribution in [3.05, 3.63) is 65.5 Å². The number of rotatable bonds is 6. The van der Waals surface area contributed by atoms with Gasteiger partial charge < -0.3 is 0 Å². The molecule has 0 aliphatic carbocycles. The van der Waals surface area contributed by atoms with Crippen molar-refractivity contribution < 1.29 is 8.78 Å². The minimum absolute atomic E-state index is 0.131. The van der Waals surface area contributed by atoms with E-state index in [1.54, 1.807) is 12.3 Å². The van der Waals surface area contributed by atoms with Crippen molar-refractivity contribution in [2.45, 2.75) is 32.9 Å². The first kappa shape index (κ1) is 17.2. The Kier molecular flexibility index (Phi) is 4.57. The second kappa shape index (κ2) is 7.18. The van der Waals surface area contributed by atoms with E-state index < -0.39 is 12.5 Å². The molecule has 0 unspecified atom stereocenters. The normalized spacial score (nSPS) is 11.4. The van der Waals surface area contributed by atoms with Crippen molar-refractivity contribution in [1.29, 1.82) is 0 Å². The Balaban J connectivity index is 1.78. The number of halogens is 2. The van der Waals surface area contributed by atoms with E-state index in [0.717, 1.165) is 29.8 Å². The van der Waals surface area contributed by atoms with Crippen LogP contribution in [0, 0.1) is 5.82 Å². The molecule has 9 heteroatoms. The third-order valence-electron chi connectivity index (χ3n) is 4.25. The average molecular weight is 369 g/mol. The van der Waals surface area contributed by atoms with Gasteiger partial charge in [0, 0.05) is 24.4 Å². The second-order valence-corrected chi connectivity index (χ2v) is 6.07. The molecule has 0 aliphatic rings. The van der Waals surface area contributed by atoms with Crippen LogP contribution in [0.25, 0.3) is 11.5 Å². The van der Waals surface area contributed by atoms with Crippen molar-refractivity contribution in [3.63, 3.8) is 0 Å². The smallest absolute Gasteiger partial charge is 0.189 e. The summed E-state index contributed by atoms with van der Waals surface area (Å²) in [4.78, 5) is 12.8. The molecule has 4 aromatic rings. The monoisotopic (exact) mass is 369 g/mol. The van der Waals surface area contributed by atoms with E-state index in [1.165, 1.54) is 33.9 Å². The van der Waals surface area contributed by atoms with Gasteiger partial charge in [-0.1, -0.05) is 13.3 Å². The summed E-state index contributed by atoms with van der Waals surface area (Å²) in [5.41, 5.74) is 3.03. The highest BCUT2D eigenvalue weighted by Gasteiger charge is 2.17. The largest absolute Gasteiger partial charge is 0.242 e. The van der Waals surface area contributed by atoms with Gasteiger partial charge in [-0.3, -0.25) is 0 Å². The highest BCUT2D eigenvalue weighted by atomic mass is 19.1. The van der Waals surface area contributed by atoms with Gasteiger partial charge in [-0.25, -0.2) is 32.9 Å². The van der Waals surface area contributed by atoms with Crippen LogP contribution in [-0.2, 0) is 19.5 Å². The SMILES string of the molecule is CCCc1c(Cc2ccnn2-c2ncccc2F)ncn2nc(CF)nc12. The fourth-order valence-corrected chi connectivity index (χ4v) is 3.06. The molecule has 4 heterocycles. The molecule has 138 valence electrons. The van der Waals surface area contributed by atoms with Crippen LogP contribution in [-0.4, -0.2) is 34.3 Å². The van der Waals surface area contributed by atoms with E-state index in [2.05, 4.69) is 25.1 Å². The first-order valence-electron chi connectivity index (χ1n) is 8.63. The summed E-state index contributed by atoms with van der Waals surface area (Å²) in [6, 6.07) is 4.67. The Morgan fingerprint density at radius 1 is 1.15 bits per heavy atom. The van der Waals surface area contributed by atoms with E-state index in [-0.39, 0.29) is 11.6 Å². The number of fused-ring (bicyclic) bond motifs is 1. The van der Waals surface area contributed by atoms with E-state index in [0.29, 0.717) is 12.1 Å². The molecule has 0 radical (unpaired) electrons. The van der Waals surface area contributed by atoms with Crippen LogP contribution in [0.1, 0.15) is 36.1 Å². The Bertz CT molecular complexity index is 1090. The zero-order chi connectivity index (χ0) is 18.8. The van der Waals surface area contributed by atoms with Gasteiger partial charge in [-0.2, -0.15) is 5.10 Å². The maximum absolute atomic E-state index is 14.1. The lowest BCUT2D eigenvalue weighted by Crippen LogP contribution is -2.10. The summed E-state index contributed by atoms with van der Waals surface area (Å²) in [5, 5.41) is 8.28. The third kappa shape index (κ3) is 3.16. The maximum atomic E-state index is 14.1. The molecule has 4 rings (SSSR count). The van der Waals surface area contributed by atoms with Gasteiger partial charge in [0.15, 0.2) is 29.8 Å². The molecule has 0 bridgehead atoms. The highest BCUT2D eigenvalue weighted by molar-refractivity contribution is 5.50. The van der Waals surface area contributed by atoms with Crippen molar-refractivity contribution in [2.24, 2.45) is 0 Å². The van der Waals surface area contributed by atoms with Crippen molar-refractivity contribution in [2.75, 3.05) is 0 Å². The number of aryl methyl sites for hydroxylation is 1. The van der Waals surface area contributed by atoms with E-state index in [4.69, 9.17) is 0 Å². The average Bonchev–Trinajstić information content (AvgIpc) is 3.31. The second-order valence-electron chi connectivity index (χ2n) is 6.07. The highest BCUT2D eigenvalue weighted by Crippen LogP contribution is 2.20. The lowest BCUT2D eigenvalue weighted by atomic mass is 10.1. The minimum atomic E-state index is -0.728. The topological polar surface area (TPSA) is 73.8 Å². The molecule has 0 fully saturated rings. The van der Waals surface area contributed by atoms with E-state index >= 15 is 0 Å². The summed E-state index contributed by atoms with van der Waals surface area (Å²) in [6.45, 7) is 1.32. The first-order chi connectivity index (χ1) is 13.2. The molecular formula is C18H17F2N7. The van der Waals surface area contributed by atoms with Crippen molar-refractivity contribution in [1.82, 2.24) is 34.3 Å². The lowest BCUT2D eigenvalue weighted by molar-refractivity contribution is 0.465. The lowest BCUT2D eigenvalue weighted by Gasteiger charge is -2.11. The predicted octanol–water partition coefficient (Wildman–Crippen LogP) is 2.86. The third-order valence-corrected chi connectivity index (χ3v) is 4.25. The van der Waals surface area contributed by atoms with Crippen LogP contribution in [0.2, 0.25) is 0 Å². The van der Waals surface area contributed by atoms with Gasteiger partial charge in [-0.05, 0) is 24.6 Å². The van der Waals surface area contributed by atoms with Gasteiger partial charge in [0.05, 0.1) is 11.4 Å². The van der Waals surface area contributed by atoms with E-state index in [9.17, 15) is 8.78 Å². The zero-order valence-electron chi connectivity index (χ0n) is 14.7. The van der Waals surface area contributed by atoms with Crippen LogP contribution in [0.15, 0.2) is 36.9 Å². The number of nitrogens with zero attached hydrogens (tertiary/aromatic N) is 7. The summed E-state index contributed by atoms with van der Waals surface area (Å²) >= 11 is 0. The molecule has 0 saturated heterocycles. The van der Waals surface area contributed by atoms with Crippen LogP contribution in [0.4, 0.5) is 8.78 Å². The molecule has 0 amide bonds. The zero-order valence-corrected chi connectivity index (χ0v) is 14.7. The Morgan fingerprint density at radius 3 is 2.81 bits per heavy atom. The van der Waals surface area contributed by atoms with Crippen molar-refractivity contribution in [3.8, 4) is 5.82 Å². The fraction of sp³-hybridized carbons (Fsp3) is 0.278. The number of hydrogen-bond acceptors (Lipinski definition) is 5. The van der Waals surface area contributed by atoms with E-state index in [1.807, 2.05) is 6.92 Å². The number of aromatic nitrogens is 7. The molecule has 0 N–H and O–H groups in total. The van der Waals surface area contributed by atoms with Gasteiger partial charge in [-0.15, -0.1) is 5.10 Å². The van der Waals surface area contributed by atoms with Gasteiger partial charge in [0.25, 0.3) is 0 Å². The molecule has 4 aromatic heterocycles. The van der Waals surface area contributed by atoms with Crippen LogP contribution in [0.5, 0.6) is 0 Å². The molecular weight excluding hydrogens is 352 g/mol. The van der Waals surface area contributed by atoms with Gasteiger partial charge >= 0.3 is 0 Å². The molecule has 0 aliphatic heterocycles. The summed E-state index contributed by atoms with van der Waals surface area (Å²) in [6.07, 6.45) is 6.66. The summed E-state index contributed by atoms with van der Waals surface area (Å²) in [7, 11) is 0. The van der Waals surface area contributed by atoms with Gasteiger partial charge in [0.2, 0.25) is 0 Å². The number of alkyl halides is 1. The Hall–Kier alpha value is -3.23. The first-order valence-corrected chi connectivity index (χ1v) is 8.63. The Morgan fingerprint density at radius 2 is 2.04 bits per heavy atom. The predicted molar refractivity (Wildman–Crippen MR) is 93.7 cm³/mol. The Labute approximate surface area is 153 Å². The van der Waals surface area contributed by atoms with Crippen LogP contribution < -0.4 is 0 Å². The van der Waals surface area contributed by atoms with Crippen LogP contribution in [0.3, 0.4) is 0 Å². The quantitative estimate of drug-likeness (QED) is 0.522. The molecule has 0 saturated carbocycles. The fourth-order valence-electron chi connectivity index (χ4n) is 3.06. The molecule has 7 nitrogen and oxygen atoms in total. The molecule has 0 atom stereocenters.